The molecule has 1 unspecified atom stereocenters. The molecule has 1 nitrogen and oxygen atoms in total. The summed E-state index contributed by atoms with van der Waals surface area (Å²) in [6.45, 7) is 7.86. The quantitative estimate of drug-likeness (QED) is 0.576. The predicted molar refractivity (Wildman–Crippen MR) is 101 cm³/mol. The van der Waals surface area contributed by atoms with Crippen LogP contribution in [0.2, 0.25) is 0 Å². The molecule has 0 bridgehead atoms. The number of hydrogen-bond acceptors (Lipinski definition) is 1. The maximum absolute atomic E-state index is 14.2. The van der Waals surface area contributed by atoms with Gasteiger partial charge in [-0.25, -0.2) is 13.2 Å². The monoisotopic (exact) mass is 409 g/mol. The number of rotatable bonds is 2. The Morgan fingerprint density at radius 3 is 2.16 bits per heavy atom. The fourth-order valence-corrected chi connectivity index (χ4v) is 3.05. The molecule has 0 aliphatic carbocycles. The van der Waals surface area contributed by atoms with Gasteiger partial charge in [0.05, 0.1) is 16.1 Å². The van der Waals surface area contributed by atoms with Gasteiger partial charge in [0.15, 0.2) is 0 Å². The summed E-state index contributed by atoms with van der Waals surface area (Å²) < 4.78 is 41.6. The molecule has 25 heavy (non-hydrogen) atoms. The van der Waals surface area contributed by atoms with Gasteiger partial charge in [-0.15, -0.1) is 0 Å². The Balaban J connectivity index is 0.00000109. The van der Waals surface area contributed by atoms with Gasteiger partial charge in [-0.3, -0.25) is 0 Å². The molecule has 0 radical (unpaired) electrons. The van der Waals surface area contributed by atoms with Gasteiger partial charge < -0.3 is 5.32 Å². The van der Waals surface area contributed by atoms with Crippen molar-refractivity contribution in [3.8, 4) is 0 Å². The van der Waals surface area contributed by atoms with Crippen molar-refractivity contribution in [1.82, 2.24) is 5.32 Å². The van der Waals surface area contributed by atoms with Gasteiger partial charge in [0.2, 0.25) is 0 Å². The highest BCUT2D eigenvalue weighted by Gasteiger charge is 2.27. The van der Waals surface area contributed by atoms with Crippen LogP contribution in [0.1, 0.15) is 31.4 Å². The van der Waals surface area contributed by atoms with Gasteiger partial charge in [-0.1, -0.05) is 66.7 Å². The number of nitrogens with one attached hydrogen (secondary N) is 1. The van der Waals surface area contributed by atoms with E-state index in [0.717, 1.165) is 11.1 Å². The van der Waals surface area contributed by atoms with Crippen LogP contribution < -0.4 is 5.32 Å². The molecule has 0 aromatic heterocycles. The zero-order valence-corrected chi connectivity index (χ0v) is 15.6. The first-order chi connectivity index (χ1) is 12.0. The number of hydrogen-bond donors (Lipinski definition) is 1. The van der Waals surface area contributed by atoms with E-state index < -0.39 is 17.5 Å². The fraction of sp³-hybridized carbons (Fsp3) is 0.200. The summed E-state index contributed by atoms with van der Waals surface area (Å²) in [6.07, 6.45) is 0.515. The molecule has 2 aromatic carbocycles. The van der Waals surface area contributed by atoms with Gasteiger partial charge in [-0.2, -0.15) is 0 Å². The molecule has 0 spiro atoms. The molecule has 0 amide bonds. The molecule has 0 saturated carbocycles. The molecule has 5 heteroatoms. The van der Waals surface area contributed by atoms with Crippen molar-refractivity contribution in [2.24, 2.45) is 0 Å². The van der Waals surface area contributed by atoms with Crippen molar-refractivity contribution in [1.29, 1.82) is 0 Å². The summed E-state index contributed by atoms with van der Waals surface area (Å²) in [7, 11) is 0. The molecule has 1 atom stereocenters. The third-order valence-electron chi connectivity index (χ3n) is 3.73. The summed E-state index contributed by atoms with van der Waals surface area (Å²) >= 11 is 3.50. The first-order valence-electron chi connectivity index (χ1n) is 8.00. The lowest BCUT2D eigenvalue weighted by atomic mass is 9.91. The van der Waals surface area contributed by atoms with E-state index in [-0.39, 0.29) is 16.1 Å². The molecule has 0 saturated heterocycles. The van der Waals surface area contributed by atoms with E-state index in [1.807, 2.05) is 44.2 Å². The first-order valence-corrected chi connectivity index (χ1v) is 8.92. The SMILES string of the molecule is C=C1NC(c2c(F)cc(F)cc2F)=C(c2ccccc2)CC1Br.CC. The molecule has 1 N–H and O–H groups in total. The van der Waals surface area contributed by atoms with Gasteiger partial charge in [-0.05, 0) is 17.6 Å². The Kier molecular flexibility index (Phi) is 6.48. The summed E-state index contributed by atoms with van der Waals surface area (Å²) in [5.41, 5.74) is 2.19. The van der Waals surface area contributed by atoms with E-state index in [4.69, 9.17) is 0 Å². The Morgan fingerprint density at radius 1 is 1.04 bits per heavy atom. The first kappa shape index (κ1) is 19.3. The second-order valence-corrected chi connectivity index (χ2v) is 6.39. The highest BCUT2D eigenvalue weighted by molar-refractivity contribution is 9.09. The number of allylic oxidation sites excluding steroid dienone is 2. The molecule has 1 aliphatic heterocycles. The number of benzene rings is 2. The summed E-state index contributed by atoms with van der Waals surface area (Å²) in [4.78, 5) is -0.0620. The minimum atomic E-state index is -0.946. The lowest BCUT2D eigenvalue weighted by Gasteiger charge is -2.28. The number of halogens is 4. The second kappa shape index (κ2) is 8.39. The van der Waals surface area contributed by atoms with E-state index in [9.17, 15) is 13.2 Å². The van der Waals surface area contributed by atoms with Crippen LogP contribution in [0.15, 0.2) is 54.7 Å². The van der Waals surface area contributed by atoms with E-state index >= 15 is 0 Å². The predicted octanol–water partition coefficient (Wildman–Crippen LogP) is 6.27. The van der Waals surface area contributed by atoms with Crippen LogP contribution in [0.3, 0.4) is 0 Å². The lowest BCUT2D eigenvalue weighted by Crippen LogP contribution is -2.26. The van der Waals surface area contributed by atoms with Crippen molar-refractivity contribution in [3.05, 3.63) is 83.3 Å². The molecule has 1 heterocycles. The van der Waals surface area contributed by atoms with Crippen LogP contribution in [-0.2, 0) is 0 Å². The third kappa shape index (κ3) is 4.15. The summed E-state index contributed by atoms with van der Waals surface area (Å²) in [6, 6.07) is 10.7. The average Bonchev–Trinajstić information content (AvgIpc) is 2.59. The number of alkyl halides is 1. The van der Waals surface area contributed by atoms with Crippen LogP contribution >= 0.6 is 15.9 Å². The highest BCUT2D eigenvalue weighted by Crippen LogP contribution is 2.38. The van der Waals surface area contributed by atoms with Crippen molar-refractivity contribution in [2.45, 2.75) is 25.1 Å². The van der Waals surface area contributed by atoms with Gasteiger partial charge in [0, 0.05) is 17.8 Å². The molecule has 2 aromatic rings. The molecular weight excluding hydrogens is 391 g/mol. The van der Waals surface area contributed by atoms with Crippen LogP contribution in [0.4, 0.5) is 13.2 Å². The normalized spacial score (nSPS) is 16.9. The van der Waals surface area contributed by atoms with Crippen molar-refractivity contribution in [3.63, 3.8) is 0 Å². The van der Waals surface area contributed by atoms with E-state index in [0.29, 0.717) is 24.3 Å². The maximum atomic E-state index is 14.2. The van der Waals surface area contributed by atoms with E-state index in [1.165, 1.54) is 0 Å². The van der Waals surface area contributed by atoms with Crippen LogP contribution in [-0.4, -0.2) is 4.83 Å². The largest absolute Gasteiger partial charge is 0.358 e. The van der Waals surface area contributed by atoms with E-state index in [2.05, 4.69) is 27.8 Å². The van der Waals surface area contributed by atoms with Crippen molar-refractivity contribution in [2.75, 3.05) is 0 Å². The zero-order chi connectivity index (χ0) is 18.6. The molecule has 1 aliphatic rings. The third-order valence-corrected chi connectivity index (χ3v) is 4.60. The molecule has 132 valence electrons. The Labute approximate surface area is 154 Å². The Morgan fingerprint density at radius 2 is 1.60 bits per heavy atom. The molecular formula is C20H19BrF3N. The minimum Gasteiger partial charge on any atom is -0.358 e. The second-order valence-electron chi connectivity index (χ2n) is 5.29. The molecule has 3 rings (SSSR count). The Hall–Kier alpha value is -2.01. The summed E-state index contributed by atoms with van der Waals surface area (Å²) in [5.74, 6) is -2.84. The van der Waals surface area contributed by atoms with Gasteiger partial charge in [0.25, 0.3) is 0 Å². The molecule has 0 fully saturated rings. The van der Waals surface area contributed by atoms with E-state index in [1.54, 1.807) is 0 Å². The Bertz CT molecular complexity index is 777. The van der Waals surface area contributed by atoms with Crippen molar-refractivity contribution < 1.29 is 13.2 Å². The lowest BCUT2D eigenvalue weighted by molar-refractivity contribution is 0.537. The van der Waals surface area contributed by atoms with Gasteiger partial charge >= 0.3 is 0 Å². The fourth-order valence-electron chi connectivity index (χ4n) is 2.61. The zero-order valence-electron chi connectivity index (χ0n) is 14.0. The maximum Gasteiger partial charge on any atom is 0.138 e. The van der Waals surface area contributed by atoms with Gasteiger partial charge in [0.1, 0.15) is 17.5 Å². The standard InChI is InChI=1S/C18H13BrF3N.C2H6/c1-10-14(19)9-13(11-5-3-2-4-6-11)18(23-10)17-15(21)7-12(20)8-16(17)22;1-2/h2-8,14,23H,1,9H2;1-2H3. The van der Waals surface area contributed by atoms with Crippen LogP contribution in [0.25, 0.3) is 11.3 Å². The van der Waals surface area contributed by atoms with Crippen molar-refractivity contribution >= 4 is 27.2 Å². The van der Waals surface area contributed by atoms with Crippen LogP contribution in [0, 0.1) is 17.5 Å². The minimum absolute atomic E-state index is 0.0620. The van der Waals surface area contributed by atoms with Crippen LogP contribution in [0.5, 0.6) is 0 Å². The topological polar surface area (TPSA) is 12.0 Å². The smallest absolute Gasteiger partial charge is 0.138 e. The highest BCUT2D eigenvalue weighted by atomic mass is 79.9. The average molecular weight is 410 g/mol. The summed E-state index contributed by atoms with van der Waals surface area (Å²) in [5, 5.41) is 2.97.